The molecular weight excluding hydrogens is 353 g/mol. The van der Waals surface area contributed by atoms with Crippen molar-refractivity contribution in [2.45, 2.75) is 15.7 Å². The predicted octanol–water partition coefficient (Wildman–Crippen LogP) is 4.16. The number of rotatable bonds is 3. The number of benzene rings is 1. The lowest BCUT2D eigenvalue weighted by molar-refractivity contribution is -0.385. The molecule has 0 saturated carbocycles. The Labute approximate surface area is 134 Å². The van der Waals surface area contributed by atoms with Gasteiger partial charge in [-0.25, -0.2) is 15.0 Å². The summed E-state index contributed by atoms with van der Waals surface area (Å²) in [5, 5.41) is 10.7. The van der Waals surface area contributed by atoms with Crippen molar-refractivity contribution in [1.29, 1.82) is 0 Å². The lowest BCUT2D eigenvalue weighted by Crippen LogP contribution is -2.03. The number of fused-ring (bicyclic) bond motifs is 1. The van der Waals surface area contributed by atoms with Gasteiger partial charge in [-0.2, -0.15) is 13.2 Å². The van der Waals surface area contributed by atoms with E-state index in [1.54, 1.807) is 0 Å². The van der Waals surface area contributed by atoms with Gasteiger partial charge in [-0.05, 0) is 30.0 Å². The zero-order chi connectivity index (χ0) is 16.6. The number of nitro groups is 1. The van der Waals surface area contributed by atoms with E-state index in [1.807, 2.05) is 0 Å². The number of hydrogen-bond acceptors (Lipinski definition) is 7. The Kier molecular flexibility index (Phi) is 3.90. The standard InChI is InChI=1S/C12H5F3N4O2S2/c13-12(14,15)6-1-2-9-8(3-6)18-11(22-9)23-10-16-4-7(5-17-10)19(20)21/h1-5H. The van der Waals surface area contributed by atoms with Crippen LogP contribution in [-0.2, 0) is 6.18 Å². The fraction of sp³-hybridized carbons (Fsp3) is 0.0833. The Morgan fingerprint density at radius 2 is 1.91 bits per heavy atom. The van der Waals surface area contributed by atoms with Gasteiger partial charge in [0.1, 0.15) is 12.4 Å². The molecule has 2 heterocycles. The molecular formula is C12H5F3N4O2S2. The second-order valence-electron chi connectivity index (χ2n) is 4.24. The third kappa shape index (κ3) is 3.40. The molecule has 0 aliphatic rings. The third-order valence-electron chi connectivity index (χ3n) is 2.70. The molecule has 0 fully saturated rings. The van der Waals surface area contributed by atoms with Crippen LogP contribution in [0.3, 0.4) is 0 Å². The maximum atomic E-state index is 12.7. The molecule has 0 atom stereocenters. The Hall–Kier alpha value is -2.27. The molecule has 0 bridgehead atoms. The van der Waals surface area contributed by atoms with Crippen molar-refractivity contribution < 1.29 is 18.1 Å². The molecule has 3 rings (SSSR count). The second kappa shape index (κ2) is 5.74. The van der Waals surface area contributed by atoms with Crippen molar-refractivity contribution in [3.05, 3.63) is 46.3 Å². The minimum absolute atomic E-state index is 0.228. The molecule has 0 unspecified atom stereocenters. The van der Waals surface area contributed by atoms with E-state index in [0.717, 1.165) is 36.3 Å². The summed E-state index contributed by atoms with van der Waals surface area (Å²) in [4.78, 5) is 21.6. The van der Waals surface area contributed by atoms with Crippen molar-refractivity contribution in [3.8, 4) is 0 Å². The molecule has 6 nitrogen and oxygen atoms in total. The van der Waals surface area contributed by atoms with Crippen LogP contribution >= 0.6 is 23.1 Å². The van der Waals surface area contributed by atoms with Crippen LogP contribution in [0.1, 0.15) is 5.56 Å². The average molecular weight is 358 g/mol. The highest BCUT2D eigenvalue weighted by molar-refractivity contribution is 8.01. The maximum Gasteiger partial charge on any atom is 0.416 e. The van der Waals surface area contributed by atoms with E-state index in [0.29, 0.717) is 9.04 Å². The molecule has 0 aliphatic carbocycles. The van der Waals surface area contributed by atoms with Crippen LogP contribution in [0.2, 0.25) is 0 Å². The van der Waals surface area contributed by atoms with Crippen LogP contribution in [0.25, 0.3) is 10.2 Å². The van der Waals surface area contributed by atoms with Gasteiger partial charge < -0.3 is 0 Å². The van der Waals surface area contributed by atoms with Crippen LogP contribution in [0, 0.1) is 10.1 Å². The minimum Gasteiger partial charge on any atom is -0.258 e. The first kappa shape index (κ1) is 15.6. The number of thiazole rings is 1. The van der Waals surface area contributed by atoms with Gasteiger partial charge in [-0.3, -0.25) is 10.1 Å². The van der Waals surface area contributed by atoms with E-state index in [1.165, 1.54) is 17.4 Å². The van der Waals surface area contributed by atoms with E-state index in [4.69, 9.17) is 0 Å². The van der Waals surface area contributed by atoms with Crippen molar-refractivity contribution in [1.82, 2.24) is 15.0 Å². The zero-order valence-corrected chi connectivity index (χ0v) is 12.6. The number of halogens is 3. The van der Waals surface area contributed by atoms with Crippen molar-refractivity contribution in [2.24, 2.45) is 0 Å². The highest BCUT2D eigenvalue weighted by Gasteiger charge is 2.30. The summed E-state index contributed by atoms with van der Waals surface area (Å²) in [7, 11) is 0. The van der Waals surface area contributed by atoms with Crippen molar-refractivity contribution >= 4 is 39.0 Å². The number of hydrogen-bond donors (Lipinski definition) is 0. The first-order chi connectivity index (χ1) is 10.8. The van der Waals surface area contributed by atoms with Crippen LogP contribution in [0.5, 0.6) is 0 Å². The summed E-state index contributed by atoms with van der Waals surface area (Å²) in [5.41, 5.74) is -0.777. The fourth-order valence-corrected chi connectivity index (χ4v) is 3.51. The second-order valence-corrected chi connectivity index (χ2v) is 6.49. The van der Waals surface area contributed by atoms with E-state index in [2.05, 4.69) is 15.0 Å². The van der Waals surface area contributed by atoms with E-state index in [-0.39, 0.29) is 16.4 Å². The Morgan fingerprint density at radius 1 is 1.22 bits per heavy atom. The van der Waals surface area contributed by atoms with E-state index in [9.17, 15) is 23.3 Å². The predicted molar refractivity (Wildman–Crippen MR) is 77.4 cm³/mol. The summed E-state index contributed by atoms with van der Waals surface area (Å²) < 4.78 is 39.1. The molecule has 0 spiro atoms. The molecule has 0 radical (unpaired) electrons. The largest absolute Gasteiger partial charge is 0.416 e. The summed E-state index contributed by atoms with van der Waals surface area (Å²) in [6.07, 6.45) is -2.30. The first-order valence-corrected chi connectivity index (χ1v) is 7.58. The van der Waals surface area contributed by atoms with E-state index < -0.39 is 16.7 Å². The summed E-state index contributed by atoms with van der Waals surface area (Å²) in [5.74, 6) is 0. The van der Waals surface area contributed by atoms with Gasteiger partial charge in [-0.15, -0.1) is 11.3 Å². The van der Waals surface area contributed by atoms with Gasteiger partial charge in [0.2, 0.25) is 0 Å². The maximum absolute atomic E-state index is 12.7. The quantitative estimate of drug-likeness (QED) is 0.397. The van der Waals surface area contributed by atoms with Crippen LogP contribution in [-0.4, -0.2) is 19.9 Å². The zero-order valence-electron chi connectivity index (χ0n) is 10.9. The van der Waals surface area contributed by atoms with Gasteiger partial charge in [0.05, 0.1) is 20.7 Å². The molecule has 3 aromatic rings. The highest BCUT2D eigenvalue weighted by atomic mass is 32.2. The van der Waals surface area contributed by atoms with Gasteiger partial charge in [0.15, 0.2) is 9.50 Å². The smallest absolute Gasteiger partial charge is 0.258 e. The Balaban J connectivity index is 1.87. The number of nitrogens with zero attached hydrogens (tertiary/aromatic N) is 4. The van der Waals surface area contributed by atoms with Gasteiger partial charge in [-0.1, -0.05) is 0 Å². The van der Waals surface area contributed by atoms with Crippen molar-refractivity contribution in [2.75, 3.05) is 0 Å². The van der Waals surface area contributed by atoms with E-state index >= 15 is 0 Å². The van der Waals surface area contributed by atoms with Crippen LogP contribution < -0.4 is 0 Å². The molecule has 0 N–H and O–H groups in total. The van der Waals surface area contributed by atoms with Gasteiger partial charge in [0, 0.05) is 0 Å². The van der Waals surface area contributed by atoms with Crippen molar-refractivity contribution in [3.63, 3.8) is 0 Å². The Bertz CT molecular complexity index is 880. The Morgan fingerprint density at radius 3 is 2.52 bits per heavy atom. The molecule has 118 valence electrons. The lowest BCUT2D eigenvalue weighted by atomic mass is 10.2. The first-order valence-electron chi connectivity index (χ1n) is 5.95. The lowest BCUT2D eigenvalue weighted by Gasteiger charge is -2.04. The molecule has 11 heteroatoms. The van der Waals surface area contributed by atoms with Crippen LogP contribution in [0.15, 0.2) is 40.1 Å². The summed E-state index contributed by atoms with van der Waals surface area (Å²) in [6.45, 7) is 0. The monoisotopic (exact) mass is 358 g/mol. The third-order valence-corrected chi connectivity index (χ3v) is 4.69. The topological polar surface area (TPSA) is 81.8 Å². The molecule has 0 amide bonds. The highest BCUT2D eigenvalue weighted by Crippen LogP contribution is 2.36. The van der Waals surface area contributed by atoms with Crippen LogP contribution in [0.4, 0.5) is 18.9 Å². The summed E-state index contributed by atoms with van der Waals surface area (Å²) in [6, 6.07) is 3.33. The number of aromatic nitrogens is 3. The molecule has 0 saturated heterocycles. The number of alkyl halides is 3. The minimum atomic E-state index is -4.42. The fourth-order valence-electron chi connectivity index (χ4n) is 1.66. The normalized spacial score (nSPS) is 11.8. The summed E-state index contributed by atoms with van der Waals surface area (Å²) >= 11 is 2.22. The van der Waals surface area contributed by atoms with Gasteiger partial charge in [0.25, 0.3) is 0 Å². The molecule has 1 aromatic carbocycles. The molecule has 2 aromatic heterocycles. The van der Waals surface area contributed by atoms with Gasteiger partial charge >= 0.3 is 11.9 Å². The SMILES string of the molecule is O=[N+]([O-])c1cnc(Sc2nc3cc(C(F)(F)F)ccc3s2)nc1. The molecule has 23 heavy (non-hydrogen) atoms. The molecule has 0 aliphatic heterocycles. The average Bonchev–Trinajstić information content (AvgIpc) is 2.88.